The van der Waals surface area contributed by atoms with Gasteiger partial charge in [0.2, 0.25) is 10.0 Å². The SMILES string of the molecule is CC1(S(=O)(=O)n2ccc3ccccc32)C=C(Oc2cccc(-c3ccn(Cc4cccc(I)c4)n3)c2)C=CC1. The Bertz CT molecular complexity index is 1850. The number of ether oxygens (including phenoxy) is 1. The van der Waals surface area contributed by atoms with Crippen LogP contribution in [0.25, 0.3) is 22.2 Å². The molecule has 0 fully saturated rings. The van der Waals surface area contributed by atoms with E-state index in [0.717, 1.165) is 16.6 Å². The zero-order chi connectivity index (χ0) is 27.0. The van der Waals surface area contributed by atoms with Crippen LogP contribution in [0.2, 0.25) is 0 Å². The zero-order valence-electron chi connectivity index (χ0n) is 21.2. The second kappa shape index (κ2) is 10.2. The van der Waals surface area contributed by atoms with Crippen molar-refractivity contribution in [2.24, 2.45) is 0 Å². The average molecular weight is 648 g/mol. The third kappa shape index (κ3) is 5.06. The lowest BCUT2D eigenvalue weighted by atomic mass is 10.0. The Hall–Kier alpha value is -3.63. The fourth-order valence-electron chi connectivity index (χ4n) is 4.83. The average Bonchev–Trinajstić information content (AvgIpc) is 3.57. The van der Waals surface area contributed by atoms with Crippen LogP contribution < -0.4 is 4.74 Å². The number of benzene rings is 3. The molecule has 2 heterocycles. The molecule has 1 aliphatic carbocycles. The van der Waals surface area contributed by atoms with Crippen molar-refractivity contribution < 1.29 is 13.2 Å². The number of halogens is 1. The summed E-state index contributed by atoms with van der Waals surface area (Å²) in [5.41, 5.74) is 3.61. The Morgan fingerprint density at radius 3 is 2.69 bits per heavy atom. The summed E-state index contributed by atoms with van der Waals surface area (Å²) < 4.78 is 37.1. The van der Waals surface area contributed by atoms with Crippen molar-refractivity contribution in [1.29, 1.82) is 0 Å². The Balaban J connectivity index is 1.24. The van der Waals surface area contributed by atoms with E-state index in [-0.39, 0.29) is 0 Å². The van der Waals surface area contributed by atoms with Crippen molar-refractivity contribution in [3.63, 3.8) is 0 Å². The van der Waals surface area contributed by atoms with Crippen molar-refractivity contribution in [1.82, 2.24) is 13.8 Å². The highest BCUT2D eigenvalue weighted by Gasteiger charge is 2.40. The number of hydrogen-bond acceptors (Lipinski definition) is 4. The molecule has 8 heteroatoms. The van der Waals surface area contributed by atoms with E-state index < -0.39 is 14.8 Å². The number of nitrogens with zero attached hydrogens (tertiary/aromatic N) is 3. The van der Waals surface area contributed by atoms with Gasteiger partial charge in [-0.05, 0) is 96.1 Å². The minimum Gasteiger partial charge on any atom is -0.458 e. The van der Waals surface area contributed by atoms with Gasteiger partial charge in [0.15, 0.2) is 0 Å². The molecule has 0 bridgehead atoms. The molecule has 1 atom stereocenters. The third-order valence-corrected chi connectivity index (χ3v) is 9.87. The predicted octanol–water partition coefficient (Wildman–Crippen LogP) is 7.02. The number of fused-ring (bicyclic) bond motifs is 1. The van der Waals surface area contributed by atoms with Gasteiger partial charge in [0.25, 0.3) is 0 Å². The number of aromatic nitrogens is 3. The summed E-state index contributed by atoms with van der Waals surface area (Å²) >= 11 is 2.31. The highest BCUT2D eigenvalue weighted by atomic mass is 127. The smallest absolute Gasteiger partial charge is 0.248 e. The van der Waals surface area contributed by atoms with Crippen LogP contribution in [0.3, 0.4) is 0 Å². The Kier molecular flexibility index (Phi) is 6.68. The summed E-state index contributed by atoms with van der Waals surface area (Å²) in [4.78, 5) is 0. The maximum atomic E-state index is 13.8. The van der Waals surface area contributed by atoms with Crippen molar-refractivity contribution >= 4 is 43.5 Å². The highest BCUT2D eigenvalue weighted by Crippen LogP contribution is 2.34. The fraction of sp³-hybridized carbons (Fsp3) is 0.129. The summed E-state index contributed by atoms with van der Waals surface area (Å²) in [6, 6.07) is 27.3. The van der Waals surface area contributed by atoms with E-state index in [9.17, 15) is 8.42 Å². The highest BCUT2D eigenvalue weighted by molar-refractivity contribution is 14.1. The molecule has 6 nitrogen and oxygen atoms in total. The summed E-state index contributed by atoms with van der Waals surface area (Å²) in [5.74, 6) is 1.11. The standard InChI is InChI=1S/C31H26IN3O3S/c1-31(39(36,37)35-18-14-24-8-2-3-13-30(24)35)16-6-12-28(21-31)38-27-11-5-9-25(20-27)29-15-17-34(33-29)22-23-7-4-10-26(32)19-23/h2-15,17-21H,16,22H2,1H3. The molecule has 0 amide bonds. The number of allylic oxidation sites excluding steroid dienone is 2. The van der Waals surface area contributed by atoms with Crippen molar-refractivity contribution in [2.45, 2.75) is 24.6 Å². The monoisotopic (exact) mass is 647 g/mol. The topological polar surface area (TPSA) is 66.1 Å². The molecule has 0 spiro atoms. The number of rotatable bonds is 7. The van der Waals surface area contributed by atoms with Crippen LogP contribution in [0.1, 0.15) is 18.9 Å². The lowest BCUT2D eigenvalue weighted by molar-refractivity contribution is 0.432. The van der Waals surface area contributed by atoms with Crippen LogP contribution in [0.4, 0.5) is 0 Å². The molecule has 0 saturated heterocycles. The van der Waals surface area contributed by atoms with Crippen molar-refractivity contribution in [3.05, 3.63) is 130 Å². The molecular formula is C31H26IN3O3S. The predicted molar refractivity (Wildman–Crippen MR) is 163 cm³/mol. The van der Waals surface area contributed by atoms with Crippen LogP contribution in [-0.2, 0) is 16.6 Å². The van der Waals surface area contributed by atoms with E-state index >= 15 is 0 Å². The minimum atomic E-state index is -3.75. The summed E-state index contributed by atoms with van der Waals surface area (Å²) in [5, 5.41) is 5.63. The van der Waals surface area contributed by atoms with Crippen LogP contribution >= 0.6 is 22.6 Å². The van der Waals surface area contributed by atoms with Gasteiger partial charge in [0.1, 0.15) is 16.3 Å². The van der Waals surface area contributed by atoms with Gasteiger partial charge in [-0.2, -0.15) is 5.10 Å². The van der Waals surface area contributed by atoms with Gasteiger partial charge in [-0.25, -0.2) is 12.4 Å². The molecule has 0 saturated carbocycles. The molecular weight excluding hydrogens is 621 g/mol. The quantitative estimate of drug-likeness (QED) is 0.178. The summed E-state index contributed by atoms with van der Waals surface area (Å²) in [6.45, 7) is 2.43. The molecule has 0 aliphatic heterocycles. The van der Waals surface area contributed by atoms with Crippen molar-refractivity contribution in [3.8, 4) is 17.0 Å². The van der Waals surface area contributed by atoms with Gasteiger partial charge >= 0.3 is 0 Å². The maximum Gasteiger partial charge on any atom is 0.248 e. The van der Waals surface area contributed by atoms with E-state index in [2.05, 4.69) is 40.8 Å². The first-order chi connectivity index (χ1) is 18.8. The Morgan fingerprint density at radius 1 is 0.974 bits per heavy atom. The molecule has 0 radical (unpaired) electrons. The third-order valence-electron chi connectivity index (χ3n) is 6.90. The fourth-order valence-corrected chi connectivity index (χ4v) is 7.11. The normalized spacial score (nSPS) is 17.3. The second-order valence-electron chi connectivity index (χ2n) is 9.80. The van der Waals surface area contributed by atoms with E-state index in [0.29, 0.717) is 30.0 Å². The van der Waals surface area contributed by atoms with E-state index in [1.807, 2.05) is 89.8 Å². The largest absolute Gasteiger partial charge is 0.458 e. The van der Waals surface area contributed by atoms with Crippen LogP contribution in [-0.4, -0.2) is 26.9 Å². The lowest BCUT2D eigenvalue weighted by Crippen LogP contribution is -2.38. The first-order valence-electron chi connectivity index (χ1n) is 12.6. The molecule has 0 N–H and O–H groups in total. The van der Waals surface area contributed by atoms with Crippen LogP contribution in [0.5, 0.6) is 5.75 Å². The van der Waals surface area contributed by atoms with Gasteiger partial charge in [-0.3, -0.25) is 4.68 Å². The van der Waals surface area contributed by atoms with Gasteiger partial charge in [-0.15, -0.1) is 0 Å². The summed E-state index contributed by atoms with van der Waals surface area (Å²) in [7, 11) is -3.75. The second-order valence-corrected chi connectivity index (χ2v) is 13.3. The molecule has 6 rings (SSSR count). The van der Waals surface area contributed by atoms with Crippen molar-refractivity contribution in [2.75, 3.05) is 0 Å². The summed E-state index contributed by atoms with van der Waals surface area (Å²) in [6.07, 6.45) is 9.34. The number of hydrogen-bond donors (Lipinski definition) is 0. The molecule has 2 aromatic heterocycles. The lowest BCUT2D eigenvalue weighted by Gasteiger charge is -2.28. The Morgan fingerprint density at radius 2 is 1.82 bits per heavy atom. The molecule has 1 aliphatic rings. The van der Waals surface area contributed by atoms with Gasteiger partial charge < -0.3 is 4.74 Å². The van der Waals surface area contributed by atoms with Gasteiger partial charge in [0, 0.05) is 26.9 Å². The van der Waals surface area contributed by atoms with E-state index in [1.165, 1.54) is 13.1 Å². The molecule has 196 valence electrons. The molecule has 1 unspecified atom stereocenters. The molecule has 3 aromatic carbocycles. The number of para-hydroxylation sites is 1. The van der Waals surface area contributed by atoms with E-state index in [4.69, 9.17) is 9.84 Å². The maximum absolute atomic E-state index is 13.8. The Labute approximate surface area is 241 Å². The minimum absolute atomic E-state index is 0.354. The molecule has 39 heavy (non-hydrogen) atoms. The van der Waals surface area contributed by atoms with Crippen LogP contribution in [0, 0.1) is 3.57 Å². The van der Waals surface area contributed by atoms with Gasteiger partial charge in [0.05, 0.1) is 17.8 Å². The first kappa shape index (κ1) is 25.6. The zero-order valence-corrected chi connectivity index (χ0v) is 24.2. The van der Waals surface area contributed by atoms with E-state index in [1.54, 1.807) is 19.2 Å². The van der Waals surface area contributed by atoms with Gasteiger partial charge in [-0.1, -0.05) is 48.5 Å². The van der Waals surface area contributed by atoms with Crippen LogP contribution in [0.15, 0.2) is 121 Å². The molecule has 5 aromatic rings. The first-order valence-corrected chi connectivity index (χ1v) is 15.1.